The molecule has 0 spiro atoms. The molecule has 1 aliphatic heterocycles. The Morgan fingerprint density at radius 3 is 2.29 bits per heavy atom. The van der Waals surface area contributed by atoms with Crippen LogP contribution in [0.4, 0.5) is 0 Å². The molecule has 0 saturated carbocycles. The quantitative estimate of drug-likeness (QED) is 0.845. The van der Waals surface area contributed by atoms with Crippen molar-refractivity contribution < 1.29 is 19.4 Å². The predicted octanol–water partition coefficient (Wildman–Crippen LogP) is 2.48. The maximum Gasteiger partial charge on any atom is 0.325 e. The molecule has 2 rings (SSSR count). The van der Waals surface area contributed by atoms with Gasteiger partial charge < -0.3 is 14.6 Å². The van der Waals surface area contributed by atoms with Crippen molar-refractivity contribution in [2.75, 3.05) is 27.3 Å². The van der Waals surface area contributed by atoms with Crippen LogP contribution in [-0.4, -0.2) is 43.3 Å². The van der Waals surface area contributed by atoms with Crippen LogP contribution in [0.2, 0.25) is 0 Å². The minimum absolute atomic E-state index is 0.597. The monoisotopic (exact) mass is 291 g/mol. The van der Waals surface area contributed by atoms with E-state index in [9.17, 15) is 9.90 Å². The maximum absolute atomic E-state index is 11.7. The van der Waals surface area contributed by atoms with Gasteiger partial charge in [-0.25, -0.2) is 0 Å². The van der Waals surface area contributed by atoms with Gasteiger partial charge in [0.2, 0.25) is 0 Å². The van der Waals surface area contributed by atoms with Gasteiger partial charge in [0.25, 0.3) is 0 Å². The van der Waals surface area contributed by atoms with Gasteiger partial charge in [-0.3, -0.25) is 9.69 Å². The molecule has 1 N–H and O–H groups in total. The summed E-state index contributed by atoms with van der Waals surface area (Å²) in [5, 5.41) is 9.63. The predicted molar refractivity (Wildman–Crippen MR) is 79.9 cm³/mol. The third-order valence-corrected chi connectivity index (χ3v) is 3.76. The third kappa shape index (κ3) is 3.55. The zero-order valence-electron chi connectivity index (χ0n) is 12.6. The van der Waals surface area contributed by atoms with E-state index in [0.29, 0.717) is 23.6 Å². The van der Waals surface area contributed by atoms with E-state index in [1.165, 1.54) is 5.57 Å². The summed E-state index contributed by atoms with van der Waals surface area (Å²) in [6.07, 6.45) is 2.97. The van der Waals surface area contributed by atoms with Crippen LogP contribution in [0.1, 0.15) is 24.9 Å². The second-order valence-electron chi connectivity index (χ2n) is 5.18. The van der Waals surface area contributed by atoms with E-state index < -0.39 is 12.0 Å². The number of ether oxygens (including phenoxy) is 2. The van der Waals surface area contributed by atoms with Crippen molar-refractivity contribution in [2.45, 2.75) is 19.4 Å². The summed E-state index contributed by atoms with van der Waals surface area (Å²) in [5.41, 5.74) is 1.98. The number of carboxylic acid groups (broad SMARTS) is 1. The van der Waals surface area contributed by atoms with E-state index in [1.54, 1.807) is 32.4 Å². The SMILES string of the molecule is COc1cc(OC)cc(C(C(=O)O)N2CC=C(C)CC2)c1. The van der Waals surface area contributed by atoms with Crippen LogP contribution in [-0.2, 0) is 4.79 Å². The van der Waals surface area contributed by atoms with Gasteiger partial charge in [0, 0.05) is 19.2 Å². The average molecular weight is 291 g/mol. The molecule has 0 saturated heterocycles. The molecule has 0 fully saturated rings. The first-order valence-corrected chi connectivity index (χ1v) is 6.90. The lowest BCUT2D eigenvalue weighted by molar-refractivity contribution is -0.143. The largest absolute Gasteiger partial charge is 0.497 e. The number of hydrogen-bond donors (Lipinski definition) is 1. The second kappa shape index (κ2) is 6.63. The van der Waals surface area contributed by atoms with Gasteiger partial charge in [0.05, 0.1) is 14.2 Å². The number of benzene rings is 1. The molecule has 21 heavy (non-hydrogen) atoms. The molecule has 1 heterocycles. The molecule has 0 aliphatic carbocycles. The molecule has 1 aliphatic rings. The summed E-state index contributed by atoms with van der Waals surface area (Å²) in [7, 11) is 3.11. The molecule has 114 valence electrons. The topological polar surface area (TPSA) is 59.0 Å². The molecule has 0 radical (unpaired) electrons. The summed E-state index contributed by atoms with van der Waals surface area (Å²) in [6, 6.07) is 4.56. The molecular formula is C16H21NO4. The Bertz CT molecular complexity index is 531. The maximum atomic E-state index is 11.7. The summed E-state index contributed by atoms with van der Waals surface area (Å²) < 4.78 is 10.5. The van der Waals surface area contributed by atoms with Crippen molar-refractivity contribution >= 4 is 5.97 Å². The highest BCUT2D eigenvalue weighted by molar-refractivity contribution is 5.76. The van der Waals surface area contributed by atoms with E-state index in [-0.39, 0.29) is 0 Å². The van der Waals surface area contributed by atoms with Crippen LogP contribution < -0.4 is 9.47 Å². The molecule has 5 nitrogen and oxygen atoms in total. The van der Waals surface area contributed by atoms with Crippen molar-refractivity contribution in [3.63, 3.8) is 0 Å². The fraction of sp³-hybridized carbons (Fsp3) is 0.438. The first-order chi connectivity index (χ1) is 10.0. The zero-order chi connectivity index (χ0) is 15.4. The normalized spacial score (nSPS) is 17.0. The Hall–Kier alpha value is -2.01. The number of carboxylic acids is 1. The lowest BCUT2D eigenvalue weighted by atomic mass is 10.0. The van der Waals surface area contributed by atoms with Gasteiger partial charge in [-0.05, 0) is 31.0 Å². The van der Waals surface area contributed by atoms with E-state index in [4.69, 9.17) is 9.47 Å². The number of nitrogens with zero attached hydrogens (tertiary/aromatic N) is 1. The van der Waals surface area contributed by atoms with Crippen molar-refractivity contribution in [3.05, 3.63) is 35.4 Å². The van der Waals surface area contributed by atoms with E-state index in [1.807, 2.05) is 4.90 Å². The summed E-state index contributed by atoms with van der Waals surface area (Å²) in [6.45, 7) is 3.45. The summed E-state index contributed by atoms with van der Waals surface area (Å²) in [5.74, 6) is 0.330. The Morgan fingerprint density at radius 2 is 1.86 bits per heavy atom. The fourth-order valence-electron chi connectivity index (χ4n) is 2.52. The van der Waals surface area contributed by atoms with Crippen molar-refractivity contribution in [3.8, 4) is 11.5 Å². The number of rotatable bonds is 5. The molecule has 1 aromatic carbocycles. The highest BCUT2D eigenvalue weighted by atomic mass is 16.5. The van der Waals surface area contributed by atoms with Crippen LogP contribution in [0.15, 0.2) is 29.8 Å². The lowest BCUT2D eigenvalue weighted by Crippen LogP contribution is -2.37. The van der Waals surface area contributed by atoms with Gasteiger partial charge in [-0.2, -0.15) is 0 Å². The van der Waals surface area contributed by atoms with E-state index >= 15 is 0 Å². The molecule has 0 bridgehead atoms. The molecule has 1 atom stereocenters. The Balaban J connectivity index is 2.36. The first kappa shape index (κ1) is 15.4. The van der Waals surface area contributed by atoms with E-state index in [2.05, 4.69) is 13.0 Å². The molecule has 1 aromatic rings. The summed E-state index contributed by atoms with van der Waals surface area (Å²) >= 11 is 0. The minimum atomic E-state index is -0.863. The fourth-order valence-corrected chi connectivity index (χ4v) is 2.52. The van der Waals surface area contributed by atoms with Crippen LogP contribution >= 0.6 is 0 Å². The minimum Gasteiger partial charge on any atom is -0.497 e. The first-order valence-electron chi connectivity index (χ1n) is 6.90. The standard InChI is InChI=1S/C16H21NO4/c1-11-4-6-17(7-5-11)15(16(18)19)12-8-13(20-2)10-14(9-12)21-3/h4,8-10,15H,5-7H2,1-3H3,(H,18,19). The van der Waals surface area contributed by atoms with Gasteiger partial charge in [-0.15, -0.1) is 0 Å². The van der Waals surface area contributed by atoms with Crippen molar-refractivity contribution in [1.29, 1.82) is 0 Å². The smallest absolute Gasteiger partial charge is 0.325 e. The van der Waals surface area contributed by atoms with E-state index in [0.717, 1.165) is 13.0 Å². The number of carbonyl (C=O) groups is 1. The third-order valence-electron chi connectivity index (χ3n) is 3.76. The zero-order valence-corrected chi connectivity index (χ0v) is 12.6. The summed E-state index contributed by atoms with van der Waals surface area (Å²) in [4.78, 5) is 13.7. The van der Waals surface area contributed by atoms with Crippen LogP contribution in [0.3, 0.4) is 0 Å². The number of hydrogen-bond acceptors (Lipinski definition) is 4. The number of methoxy groups -OCH3 is 2. The van der Waals surface area contributed by atoms with Crippen LogP contribution in [0.5, 0.6) is 11.5 Å². The lowest BCUT2D eigenvalue weighted by Gasteiger charge is -2.31. The number of aliphatic carboxylic acids is 1. The molecule has 0 amide bonds. The highest BCUT2D eigenvalue weighted by Gasteiger charge is 2.29. The van der Waals surface area contributed by atoms with Gasteiger partial charge in [0.15, 0.2) is 0 Å². The van der Waals surface area contributed by atoms with Crippen molar-refractivity contribution in [1.82, 2.24) is 4.90 Å². The van der Waals surface area contributed by atoms with Gasteiger partial charge >= 0.3 is 5.97 Å². The van der Waals surface area contributed by atoms with Crippen LogP contribution in [0.25, 0.3) is 0 Å². The Labute approximate surface area is 124 Å². The van der Waals surface area contributed by atoms with Gasteiger partial charge in [-0.1, -0.05) is 11.6 Å². The highest BCUT2D eigenvalue weighted by Crippen LogP contribution is 2.31. The van der Waals surface area contributed by atoms with Gasteiger partial charge in [0.1, 0.15) is 17.5 Å². The molecule has 1 unspecified atom stereocenters. The Morgan fingerprint density at radius 1 is 1.24 bits per heavy atom. The molecular weight excluding hydrogens is 270 g/mol. The molecule has 5 heteroatoms. The second-order valence-corrected chi connectivity index (χ2v) is 5.18. The molecule has 0 aromatic heterocycles. The van der Waals surface area contributed by atoms with Crippen LogP contribution in [0, 0.1) is 0 Å². The van der Waals surface area contributed by atoms with Crippen molar-refractivity contribution in [2.24, 2.45) is 0 Å². The average Bonchev–Trinajstić information content (AvgIpc) is 2.48. The Kier molecular flexibility index (Phi) is 4.85.